The molecule has 0 radical (unpaired) electrons. The Hall–Kier alpha value is -1.88. The van der Waals surface area contributed by atoms with Gasteiger partial charge in [0.2, 0.25) is 0 Å². The van der Waals surface area contributed by atoms with Crippen molar-refractivity contribution in [3.63, 3.8) is 0 Å². The third-order valence-electron chi connectivity index (χ3n) is 2.64. The van der Waals surface area contributed by atoms with Gasteiger partial charge in [-0.1, -0.05) is 28.1 Å². The fourth-order valence-corrected chi connectivity index (χ4v) is 2.03. The number of carbonyl (C=O) groups excluding carboxylic acids is 1. The Balaban J connectivity index is 2.23. The number of amides is 1. The summed E-state index contributed by atoms with van der Waals surface area (Å²) in [5, 5.41) is 3.42. The van der Waals surface area contributed by atoms with Crippen molar-refractivity contribution >= 4 is 27.5 Å². The van der Waals surface area contributed by atoms with Gasteiger partial charge < -0.3 is 10.3 Å². The van der Waals surface area contributed by atoms with Gasteiger partial charge >= 0.3 is 0 Å². The molecule has 0 aliphatic rings. The summed E-state index contributed by atoms with van der Waals surface area (Å²) in [4.78, 5) is 26.6. The van der Waals surface area contributed by atoms with Crippen LogP contribution in [-0.4, -0.2) is 10.9 Å². The molecule has 0 bridgehead atoms. The molecule has 2 N–H and O–H groups in total. The average Bonchev–Trinajstić information content (AvgIpc) is 2.38. The number of benzene rings is 1. The predicted molar refractivity (Wildman–Crippen MR) is 78.8 cm³/mol. The van der Waals surface area contributed by atoms with E-state index in [0.717, 1.165) is 11.3 Å². The lowest BCUT2D eigenvalue weighted by Crippen LogP contribution is -2.21. The molecule has 1 aromatic heterocycles. The maximum atomic E-state index is 12.0. The monoisotopic (exact) mass is 320 g/mol. The second-order valence-electron chi connectivity index (χ2n) is 4.18. The Bertz CT molecular complexity index is 664. The summed E-state index contributed by atoms with van der Waals surface area (Å²) in [6.07, 6.45) is 1.43. The number of aryl methyl sites for hydroxylation is 1. The Labute approximate surface area is 119 Å². The van der Waals surface area contributed by atoms with Crippen molar-refractivity contribution in [2.45, 2.75) is 12.3 Å². The first-order chi connectivity index (χ1) is 9.10. The number of aromatic amines is 1. The zero-order chi connectivity index (χ0) is 13.8. The lowest BCUT2D eigenvalue weighted by molar-refractivity contribution is 0.102. The van der Waals surface area contributed by atoms with E-state index in [4.69, 9.17) is 0 Å². The van der Waals surface area contributed by atoms with Gasteiger partial charge in [-0.05, 0) is 24.6 Å². The minimum atomic E-state index is -0.409. The van der Waals surface area contributed by atoms with Gasteiger partial charge in [-0.3, -0.25) is 9.59 Å². The molecule has 0 spiro atoms. The van der Waals surface area contributed by atoms with Crippen LogP contribution in [-0.2, 0) is 5.33 Å². The van der Waals surface area contributed by atoms with Crippen molar-refractivity contribution in [3.05, 3.63) is 63.6 Å². The molecule has 4 nitrogen and oxygen atoms in total. The average molecular weight is 321 g/mol. The Morgan fingerprint density at radius 2 is 2.16 bits per heavy atom. The minimum absolute atomic E-state index is 0.106. The van der Waals surface area contributed by atoms with E-state index in [-0.39, 0.29) is 11.0 Å². The molecule has 0 unspecified atom stereocenters. The quantitative estimate of drug-likeness (QED) is 0.854. The van der Waals surface area contributed by atoms with Crippen LogP contribution in [0, 0.1) is 6.92 Å². The van der Waals surface area contributed by atoms with Gasteiger partial charge in [-0.2, -0.15) is 0 Å². The number of hydrogen-bond acceptors (Lipinski definition) is 2. The highest BCUT2D eigenvalue weighted by molar-refractivity contribution is 9.08. The molecule has 0 saturated carbocycles. The minimum Gasteiger partial charge on any atom is -0.364 e. The fourth-order valence-electron chi connectivity index (χ4n) is 1.68. The van der Waals surface area contributed by atoms with Crippen LogP contribution in [0.15, 0.2) is 41.3 Å². The van der Waals surface area contributed by atoms with Crippen molar-refractivity contribution in [2.24, 2.45) is 0 Å². The standard InChI is InChI=1S/C14H13BrN2O2/c1-9-5-13(18)12(8-16-9)14(19)17-11-4-2-3-10(6-11)7-15/h2-6,8H,7H2,1H3,(H,16,18)(H,17,19). The summed E-state index contributed by atoms with van der Waals surface area (Å²) in [6, 6.07) is 8.85. The Morgan fingerprint density at radius 3 is 2.84 bits per heavy atom. The van der Waals surface area contributed by atoms with Gasteiger partial charge in [0.25, 0.3) is 5.91 Å². The highest BCUT2D eigenvalue weighted by Gasteiger charge is 2.10. The van der Waals surface area contributed by atoms with Crippen molar-refractivity contribution in [1.82, 2.24) is 4.98 Å². The van der Waals surface area contributed by atoms with Crippen LogP contribution < -0.4 is 10.7 Å². The van der Waals surface area contributed by atoms with E-state index in [0.29, 0.717) is 11.0 Å². The molecule has 0 aliphatic carbocycles. The van der Waals surface area contributed by atoms with Crippen molar-refractivity contribution in [3.8, 4) is 0 Å². The normalized spacial score (nSPS) is 10.2. The van der Waals surface area contributed by atoms with Crippen LogP contribution in [0.3, 0.4) is 0 Å². The number of carbonyl (C=O) groups is 1. The van der Waals surface area contributed by atoms with Gasteiger partial charge in [-0.15, -0.1) is 0 Å². The zero-order valence-electron chi connectivity index (χ0n) is 10.4. The molecule has 0 atom stereocenters. The highest BCUT2D eigenvalue weighted by Crippen LogP contribution is 2.13. The molecule has 5 heteroatoms. The van der Waals surface area contributed by atoms with E-state index in [9.17, 15) is 9.59 Å². The van der Waals surface area contributed by atoms with Crippen LogP contribution in [0.25, 0.3) is 0 Å². The molecule has 19 heavy (non-hydrogen) atoms. The van der Waals surface area contributed by atoms with Crippen molar-refractivity contribution in [2.75, 3.05) is 5.32 Å². The van der Waals surface area contributed by atoms with Crippen LogP contribution in [0.5, 0.6) is 0 Å². The first kappa shape index (κ1) is 13.5. The summed E-state index contributed by atoms with van der Waals surface area (Å²) >= 11 is 3.35. The van der Waals surface area contributed by atoms with Gasteiger partial charge in [-0.25, -0.2) is 0 Å². The van der Waals surface area contributed by atoms with Crippen LogP contribution in [0.1, 0.15) is 21.6 Å². The molecule has 1 heterocycles. The molecule has 2 aromatic rings. The summed E-state index contributed by atoms with van der Waals surface area (Å²) < 4.78 is 0. The Morgan fingerprint density at radius 1 is 1.37 bits per heavy atom. The van der Waals surface area contributed by atoms with E-state index >= 15 is 0 Å². The first-order valence-corrected chi connectivity index (χ1v) is 6.88. The third-order valence-corrected chi connectivity index (χ3v) is 3.29. The number of aromatic nitrogens is 1. The second-order valence-corrected chi connectivity index (χ2v) is 4.74. The second kappa shape index (κ2) is 5.84. The third kappa shape index (κ3) is 3.32. The predicted octanol–water partition coefficient (Wildman–Crippen LogP) is 2.83. The van der Waals surface area contributed by atoms with Gasteiger partial charge in [0.15, 0.2) is 5.43 Å². The maximum absolute atomic E-state index is 12.0. The fraction of sp³-hybridized carbons (Fsp3) is 0.143. The number of halogens is 1. The van der Waals surface area contributed by atoms with E-state index in [1.54, 1.807) is 13.0 Å². The molecular formula is C14H13BrN2O2. The SMILES string of the molecule is Cc1cc(=O)c(C(=O)Nc2cccc(CBr)c2)c[nH]1. The number of nitrogens with one attached hydrogen (secondary N) is 2. The molecule has 0 saturated heterocycles. The highest BCUT2D eigenvalue weighted by atomic mass is 79.9. The zero-order valence-corrected chi connectivity index (χ0v) is 12.0. The summed E-state index contributed by atoms with van der Waals surface area (Å²) in [7, 11) is 0. The lowest BCUT2D eigenvalue weighted by Gasteiger charge is -2.06. The van der Waals surface area contributed by atoms with E-state index in [1.165, 1.54) is 12.3 Å². The number of anilines is 1. The maximum Gasteiger partial charge on any atom is 0.261 e. The summed E-state index contributed by atoms with van der Waals surface area (Å²) in [6.45, 7) is 1.77. The van der Waals surface area contributed by atoms with Crippen LogP contribution >= 0.6 is 15.9 Å². The van der Waals surface area contributed by atoms with Crippen molar-refractivity contribution < 1.29 is 4.79 Å². The van der Waals surface area contributed by atoms with Crippen LogP contribution in [0.4, 0.5) is 5.69 Å². The molecule has 98 valence electrons. The molecule has 1 aromatic carbocycles. The molecule has 0 aliphatic heterocycles. The van der Waals surface area contributed by atoms with Gasteiger partial charge in [0.05, 0.1) is 0 Å². The number of alkyl halides is 1. The number of rotatable bonds is 3. The molecule has 1 amide bonds. The summed E-state index contributed by atoms with van der Waals surface area (Å²) in [5.41, 5.74) is 2.26. The van der Waals surface area contributed by atoms with Gasteiger partial charge in [0, 0.05) is 29.0 Å². The summed E-state index contributed by atoms with van der Waals surface area (Å²) in [5.74, 6) is -0.409. The number of H-pyrrole nitrogens is 1. The topological polar surface area (TPSA) is 62.0 Å². The van der Waals surface area contributed by atoms with E-state index in [2.05, 4.69) is 26.2 Å². The smallest absolute Gasteiger partial charge is 0.261 e. The van der Waals surface area contributed by atoms with E-state index < -0.39 is 5.91 Å². The van der Waals surface area contributed by atoms with E-state index in [1.807, 2.05) is 18.2 Å². The first-order valence-electron chi connectivity index (χ1n) is 5.76. The lowest BCUT2D eigenvalue weighted by atomic mass is 10.2. The van der Waals surface area contributed by atoms with Gasteiger partial charge in [0.1, 0.15) is 5.56 Å². The van der Waals surface area contributed by atoms with Crippen LogP contribution in [0.2, 0.25) is 0 Å². The number of hydrogen-bond donors (Lipinski definition) is 2. The Kier molecular flexibility index (Phi) is 4.16. The largest absolute Gasteiger partial charge is 0.364 e. The molecular weight excluding hydrogens is 308 g/mol. The number of pyridine rings is 1. The van der Waals surface area contributed by atoms with Crippen molar-refractivity contribution in [1.29, 1.82) is 0 Å². The molecule has 0 fully saturated rings. The molecule has 2 rings (SSSR count).